The second-order valence-electron chi connectivity index (χ2n) is 4.98. The van der Waals surface area contributed by atoms with Gasteiger partial charge in [0.25, 0.3) is 5.69 Å². The molecule has 0 aliphatic rings. The van der Waals surface area contributed by atoms with Crippen LogP contribution in [0.25, 0.3) is 0 Å². The first-order chi connectivity index (χ1) is 9.90. The van der Waals surface area contributed by atoms with Gasteiger partial charge in [-0.25, -0.2) is 0 Å². The standard InChI is InChI=1S/C14H23N3O4/c1-10(2)16(3)7-6-15-11-8-13(20-4)14(21-5)9-12(11)17(18)19/h8-10,15H,6-7H2,1-5H3. The van der Waals surface area contributed by atoms with Crippen molar-refractivity contribution < 1.29 is 14.4 Å². The van der Waals surface area contributed by atoms with Gasteiger partial charge >= 0.3 is 0 Å². The average Bonchev–Trinajstić information content (AvgIpc) is 2.45. The minimum absolute atomic E-state index is 0.0279. The van der Waals surface area contributed by atoms with E-state index in [-0.39, 0.29) is 5.69 Å². The van der Waals surface area contributed by atoms with Crippen LogP contribution in [-0.2, 0) is 0 Å². The molecule has 118 valence electrons. The zero-order valence-electron chi connectivity index (χ0n) is 13.2. The zero-order valence-corrected chi connectivity index (χ0v) is 13.2. The number of nitro benzene ring substituents is 1. The number of nitro groups is 1. The molecule has 0 aromatic heterocycles. The van der Waals surface area contributed by atoms with E-state index in [0.29, 0.717) is 29.8 Å². The molecule has 1 aromatic carbocycles. The first-order valence-corrected chi connectivity index (χ1v) is 6.75. The van der Waals surface area contributed by atoms with Crippen molar-refractivity contribution in [1.29, 1.82) is 0 Å². The van der Waals surface area contributed by atoms with Crippen molar-refractivity contribution in [1.82, 2.24) is 4.90 Å². The summed E-state index contributed by atoms with van der Waals surface area (Å²) in [6.07, 6.45) is 0. The quantitative estimate of drug-likeness (QED) is 0.586. The zero-order chi connectivity index (χ0) is 16.0. The lowest BCUT2D eigenvalue weighted by Gasteiger charge is -2.21. The summed E-state index contributed by atoms with van der Waals surface area (Å²) in [6.45, 7) is 5.58. The molecule has 7 nitrogen and oxygen atoms in total. The molecule has 1 aromatic rings. The highest BCUT2D eigenvalue weighted by atomic mass is 16.6. The lowest BCUT2D eigenvalue weighted by atomic mass is 10.2. The largest absolute Gasteiger partial charge is 0.493 e. The highest BCUT2D eigenvalue weighted by Crippen LogP contribution is 2.37. The van der Waals surface area contributed by atoms with Crippen LogP contribution in [-0.4, -0.2) is 50.2 Å². The van der Waals surface area contributed by atoms with Crippen molar-refractivity contribution in [2.24, 2.45) is 0 Å². The van der Waals surface area contributed by atoms with Crippen LogP contribution in [0.3, 0.4) is 0 Å². The molecule has 1 N–H and O–H groups in total. The Balaban J connectivity index is 2.91. The van der Waals surface area contributed by atoms with Crippen molar-refractivity contribution in [3.05, 3.63) is 22.2 Å². The number of anilines is 1. The van der Waals surface area contributed by atoms with Gasteiger partial charge < -0.3 is 19.7 Å². The van der Waals surface area contributed by atoms with Crippen LogP contribution in [0.15, 0.2) is 12.1 Å². The van der Waals surface area contributed by atoms with Gasteiger partial charge in [0.15, 0.2) is 11.5 Å². The van der Waals surface area contributed by atoms with Gasteiger partial charge in [0.2, 0.25) is 0 Å². The summed E-state index contributed by atoms with van der Waals surface area (Å²) >= 11 is 0. The van der Waals surface area contributed by atoms with E-state index in [1.165, 1.54) is 20.3 Å². The summed E-state index contributed by atoms with van der Waals surface area (Å²) in [5.41, 5.74) is 0.398. The van der Waals surface area contributed by atoms with E-state index < -0.39 is 4.92 Å². The maximum absolute atomic E-state index is 11.2. The number of hydrogen-bond acceptors (Lipinski definition) is 6. The van der Waals surface area contributed by atoms with Gasteiger partial charge in [-0.05, 0) is 20.9 Å². The summed E-state index contributed by atoms with van der Waals surface area (Å²) in [5, 5.41) is 14.2. The average molecular weight is 297 g/mol. The Labute approximate surface area is 125 Å². The molecule has 0 aliphatic carbocycles. The Kier molecular flexibility index (Phi) is 6.23. The van der Waals surface area contributed by atoms with Crippen molar-refractivity contribution in [2.75, 3.05) is 39.7 Å². The third kappa shape index (κ3) is 4.49. The molecule has 0 amide bonds. The Hall–Kier alpha value is -2.02. The number of hydrogen-bond donors (Lipinski definition) is 1. The van der Waals surface area contributed by atoms with E-state index in [0.717, 1.165) is 6.54 Å². The molecule has 21 heavy (non-hydrogen) atoms. The highest BCUT2D eigenvalue weighted by Gasteiger charge is 2.19. The number of nitrogens with zero attached hydrogens (tertiary/aromatic N) is 2. The van der Waals surface area contributed by atoms with Crippen molar-refractivity contribution in [3.8, 4) is 11.5 Å². The molecule has 0 fully saturated rings. The molecular formula is C14H23N3O4. The maximum atomic E-state index is 11.2. The van der Waals surface area contributed by atoms with E-state index in [2.05, 4.69) is 24.1 Å². The van der Waals surface area contributed by atoms with E-state index in [1.807, 2.05) is 7.05 Å². The number of nitrogens with one attached hydrogen (secondary N) is 1. The number of rotatable bonds is 8. The molecule has 7 heteroatoms. The number of methoxy groups -OCH3 is 2. The summed E-state index contributed by atoms with van der Waals surface area (Å²) < 4.78 is 10.3. The summed E-state index contributed by atoms with van der Waals surface area (Å²) in [5.74, 6) is 0.803. The van der Waals surface area contributed by atoms with E-state index >= 15 is 0 Å². The highest BCUT2D eigenvalue weighted by molar-refractivity contribution is 5.68. The SMILES string of the molecule is COc1cc(NCCN(C)C(C)C)c([N+](=O)[O-])cc1OC. The van der Waals surface area contributed by atoms with E-state index in [1.54, 1.807) is 6.07 Å². The molecule has 0 radical (unpaired) electrons. The summed E-state index contributed by atoms with van der Waals surface area (Å²) in [6, 6.07) is 3.38. The molecule has 0 unspecified atom stereocenters. The normalized spacial score (nSPS) is 10.8. The van der Waals surface area contributed by atoms with Gasteiger partial charge in [0.1, 0.15) is 5.69 Å². The van der Waals surface area contributed by atoms with Gasteiger partial charge in [-0.1, -0.05) is 0 Å². The number of benzene rings is 1. The molecule has 0 heterocycles. The number of likely N-dealkylation sites (N-methyl/N-ethyl adjacent to an activating group) is 1. The van der Waals surface area contributed by atoms with Gasteiger partial charge in [0.05, 0.1) is 25.2 Å². The molecule has 0 aliphatic heterocycles. The molecule has 0 spiro atoms. The Morgan fingerprint density at radius 3 is 2.33 bits per heavy atom. The fourth-order valence-electron chi connectivity index (χ4n) is 1.79. The Morgan fingerprint density at radius 2 is 1.86 bits per heavy atom. The lowest BCUT2D eigenvalue weighted by Crippen LogP contribution is -2.31. The fourth-order valence-corrected chi connectivity index (χ4v) is 1.79. The Morgan fingerprint density at radius 1 is 1.29 bits per heavy atom. The number of ether oxygens (including phenoxy) is 2. The molecule has 0 saturated heterocycles. The topological polar surface area (TPSA) is 76.9 Å². The van der Waals surface area contributed by atoms with Crippen LogP contribution in [0.2, 0.25) is 0 Å². The van der Waals surface area contributed by atoms with Crippen molar-refractivity contribution >= 4 is 11.4 Å². The minimum atomic E-state index is -0.434. The van der Waals surface area contributed by atoms with E-state index in [9.17, 15) is 10.1 Å². The van der Waals surface area contributed by atoms with Gasteiger partial charge in [-0.2, -0.15) is 0 Å². The predicted molar refractivity (Wildman–Crippen MR) is 82.5 cm³/mol. The molecule has 0 atom stereocenters. The second kappa shape index (κ2) is 7.68. The molecule has 0 saturated carbocycles. The van der Waals surface area contributed by atoms with Gasteiger partial charge in [-0.15, -0.1) is 0 Å². The predicted octanol–water partition coefficient (Wildman–Crippen LogP) is 2.36. The monoisotopic (exact) mass is 297 g/mol. The van der Waals surface area contributed by atoms with Crippen molar-refractivity contribution in [3.63, 3.8) is 0 Å². The van der Waals surface area contributed by atoms with Gasteiger partial charge in [0, 0.05) is 25.2 Å². The van der Waals surface area contributed by atoms with Crippen LogP contribution in [0, 0.1) is 10.1 Å². The van der Waals surface area contributed by atoms with Crippen LogP contribution in [0.4, 0.5) is 11.4 Å². The third-order valence-corrected chi connectivity index (χ3v) is 3.36. The van der Waals surface area contributed by atoms with Gasteiger partial charge in [-0.3, -0.25) is 10.1 Å². The second-order valence-corrected chi connectivity index (χ2v) is 4.98. The van der Waals surface area contributed by atoms with Crippen LogP contribution < -0.4 is 14.8 Å². The van der Waals surface area contributed by atoms with Crippen molar-refractivity contribution in [2.45, 2.75) is 19.9 Å². The first-order valence-electron chi connectivity index (χ1n) is 6.75. The van der Waals surface area contributed by atoms with Crippen LogP contribution >= 0.6 is 0 Å². The lowest BCUT2D eigenvalue weighted by molar-refractivity contribution is -0.384. The smallest absolute Gasteiger partial charge is 0.296 e. The molecule has 1 rings (SSSR count). The summed E-state index contributed by atoms with van der Waals surface area (Å²) in [7, 11) is 4.96. The molecular weight excluding hydrogens is 274 g/mol. The van der Waals surface area contributed by atoms with Crippen LogP contribution in [0.1, 0.15) is 13.8 Å². The fraction of sp³-hybridized carbons (Fsp3) is 0.571. The van der Waals surface area contributed by atoms with E-state index in [4.69, 9.17) is 9.47 Å². The maximum Gasteiger partial charge on any atom is 0.296 e. The van der Waals surface area contributed by atoms with Crippen LogP contribution in [0.5, 0.6) is 11.5 Å². The molecule has 0 bridgehead atoms. The summed E-state index contributed by atoms with van der Waals surface area (Å²) in [4.78, 5) is 12.9. The third-order valence-electron chi connectivity index (χ3n) is 3.36. The minimum Gasteiger partial charge on any atom is -0.493 e. The Bertz CT molecular complexity index is 491. The first kappa shape index (κ1) is 17.0.